The van der Waals surface area contributed by atoms with Crippen LogP contribution in [0.2, 0.25) is 0 Å². The molecule has 1 amide bonds. The smallest absolute Gasteiger partial charge is 0.255 e. The SMILES string of the molecule is CC=C/C(=C\C(=C\CN)c1cccc(/C=C/C(O)OCC2CCCO2)c1)C(=O)Nc1ccncc1. The van der Waals surface area contributed by atoms with Gasteiger partial charge in [-0.1, -0.05) is 42.5 Å². The molecule has 2 heterocycles. The topological polar surface area (TPSA) is 107 Å². The summed E-state index contributed by atoms with van der Waals surface area (Å²) in [5.41, 5.74) is 9.58. The third-order valence-corrected chi connectivity index (χ3v) is 5.35. The minimum atomic E-state index is -1.01. The number of nitrogens with two attached hydrogens (primary N) is 1. The van der Waals surface area contributed by atoms with Gasteiger partial charge < -0.3 is 25.6 Å². The maximum atomic E-state index is 12.9. The molecule has 1 aromatic heterocycles. The Morgan fingerprint density at radius 3 is 2.89 bits per heavy atom. The molecule has 3 rings (SSSR count). The van der Waals surface area contributed by atoms with Crippen molar-refractivity contribution in [2.24, 2.45) is 5.73 Å². The van der Waals surface area contributed by atoms with Gasteiger partial charge in [-0.05, 0) is 66.8 Å². The molecule has 0 spiro atoms. The van der Waals surface area contributed by atoms with E-state index < -0.39 is 6.29 Å². The molecule has 0 aliphatic carbocycles. The van der Waals surface area contributed by atoms with E-state index in [2.05, 4.69) is 10.3 Å². The van der Waals surface area contributed by atoms with Crippen LogP contribution < -0.4 is 11.1 Å². The predicted molar refractivity (Wildman–Crippen MR) is 139 cm³/mol. The fourth-order valence-corrected chi connectivity index (χ4v) is 3.61. The number of aliphatic hydroxyl groups is 1. The highest BCUT2D eigenvalue weighted by Crippen LogP contribution is 2.21. The molecule has 2 aromatic rings. The number of carbonyl (C=O) groups is 1. The number of amides is 1. The van der Waals surface area contributed by atoms with Crippen LogP contribution in [0.3, 0.4) is 0 Å². The molecular weight excluding hydrogens is 442 g/mol. The van der Waals surface area contributed by atoms with E-state index in [1.807, 2.05) is 49.4 Å². The van der Waals surface area contributed by atoms with Crippen molar-refractivity contribution in [1.82, 2.24) is 4.98 Å². The van der Waals surface area contributed by atoms with E-state index in [1.165, 1.54) is 0 Å². The first-order valence-corrected chi connectivity index (χ1v) is 11.7. The van der Waals surface area contributed by atoms with Gasteiger partial charge in [-0.25, -0.2) is 0 Å². The van der Waals surface area contributed by atoms with Gasteiger partial charge in [0.05, 0.1) is 12.7 Å². The summed E-state index contributed by atoms with van der Waals surface area (Å²) >= 11 is 0. The molecular formula is C28H33N3O4. The van der Waals surface area contributed by atoms with Gasteiger partial charge in [-0.15, -0.1) is 0 Å². The van der Waals surface area contributed by atoms with Crippen molar-refractivity contribution in [1.29, 1.82) is 0 Å². The van der Waals surface area contributed by atoms with Crippen molar-refractivity contribution in [3.63, 3.8) is 0 Å². The number of rotatable bonds is 11. The van der Waals surface area contributed by atoms with Crippen molar-refractivity contribution < 1.29 is 19.4 Å². The molecule has 0 bridgehead atoms. The van der Waals surface area contributed by atoms with Crippen LogP contribution in [-0.4, -0.2) is 48.2 Å². The van der Waals surface area contributed by atoms with Crippen LogP contribution in [-0.2, 0) is 14.3 Å². The quantitative estimate of drug-likeness (QED) is 0.257. The molecule has 2 unspecified atom stereocenters. The summed E-state index contributed by atoms with van der Waals surface area (Å²) in [5, 5.41) is 13.0. The van der Waals surface area contributed by atoms with E-state index in [1.54, 1.807) is 42.8 Å². The first-order chi connectivity index (χ1) is 17.1. The third kappa shape index (κ3) is 8.73. The van der Waals surface area contributed by atoms with Crippen molar-refractivity contribution >= 4 is 23.2 Å². The standard InChI is InChI=1S/C28H33N3O4/c1-2-5-24(28(33)31-25-12-15-30-16-13-25)19-23(11-14-29)22-7-3-6-21(18-22)9-10-27(32)35-20-26-8-4-17-34-26/h2-3,5-7,9-13,15-16,18-19,26-27,32H,4,8,14,17,20,29H2,1H3,(H,30,31,33)/b5-2?,10-9+,23-11-,24-19+. The monoisotopic (exact) mass is 475 g/mol. The lowest BCUT2D eigenvalue weighted by Crippen LogP contribution is -2.19. The summed E-state index contributed by atoms with van der Waals surface area (Å²) in [6.07, 6.45) is 14.9. The Bertz CT molecular complexity index is 1070. The largest absolute Gasteiger partial charge is 0.376 e. The molecule has 1 saturated heterocycles. The zero-order valence-corrected chi connectivity index (χ0v) is 20.0. The fraction of sp³-hybridized carbons (Fsp3) is 0.286. The number of benzene rings is 1. The average Bonchev–Trinajstić information content (AvgIpc) is 3.40. The van der Waals surface area contributed by atoms with E-state index in [0.29, 0.717) is 24.4 Å². The van der Waals surface area contributed by atoms with Gasteiger partial charge in [0, 0.05) is 36.8 Å². The Morgan fingerprint density at radius 1 is 1.34 bits per heavy atom. The molecule has 184 valence electrons. The number of nitrogens with one attached hydrogen (secondary N) is 1. The van der Waals surface area contributed by atoms with Crippen LogP contribution in [0.15, 0.2) is 84.7 Å². The highest BCUT2D eigenvalue weighted by Gasteiger charge is 2.16. The number of aliphatic hydroxyl groups excluding tert-OH is 1. The second-order valence-electron chi connectivity index (χ2n) is 8.03. The highest BCUT2D eigenvalue weighted by atomic mass is 16.6. The molecule has 35 heavy (non-hydrogen) atoms. The number of anilines is 1. The minimum Gasteiger partial charge on any atom is -0.376 e. The second-order valence-corrected chi connectivity index (χ2v) is 8.03. The molecule has 2 atom stereocenters. The van der Waals surface area contributed by atoms with Crippen LogP contribution in [0.4, 0.5) is 5.69 Å². The zero-order chi connectivity index (χ0) is 24.9. The van der Waals surface area contributed by atoms with E-state index >= 15 is 0 Å². The summed E-state index contributed by atoms with van der Waals surface area (Å²) in [6, 6.07) is 11.2. The number of pyridine rings is 1. The van der Waals surface area contributed by atoms with Crippen LogP contribution in [0, 0.1) is 0 Å². The lowest BCUT2D eigenvalue weighted by atomic mass is 9.99. The first-order valence-electron chi connectivity index (χ1n) is 11.7. The Hall–Kier alpha value is -3.36. The second kappa shape index (κ2) is 14.1. The van der Waals surface area contributed by atoms with Gasteiger partial charge in [0.25, 0.3) is 5.91 Å². The predicted octanol–water partition coefficient (Wildman–Crippen LogP) is 4.09. The Balaban J connectivity index is 1.74. The van der Waals surface area contributed by atoms with Crippen molar-refractivity contribution in [3.05, 3.63) is 95.9 Å². The van der Waals surface area contributed by atoms with Gasteiger partial charge in [-0.2, -0.15) is 0 Å². The lowest BCUT2D eigenvalue weighted by molar-refractivity contribution is -0.112. The zero-order valence-electron chi connectivity index (χ0n) is 20.0. The van der Waals surface area contributed by atoms with E-state index in [-0.39, 0.29) is 12.0 Å². The highest BCUT2D eigenvalue weighted by molar-refractivity contribution is 6.07. The Kier molecular flexibility index (Phi) is 10.6. The fourth-order valence-electron chi connectivity index (χ4n) is 3.61. The van der Waals surface area contributed by atoms with E-state index in [4.69, 9.17) is 15.2 Å². The first kappa shape index (κ1) is 26.2. The summed E-state index contributed by atoms with van der Waals surface area (Å²) in [4.78, 5) is 16.9. The number of hydrogen-bond donors (Lipinski definition) is 3. The van der Waals surface area contributed by atoms with Crippen LogP contribution >= 0.6 is 0 Å². The maximum Gasteiger partial charge on any atom is 0.255 e. The van der Waals surface area contributed by atoms with Gasteiger partial charge >= 0.3 is 0 Å². The van der Waals surface area contributed by atoms with Crippen molar-refractivity contribution in [3.8, 4) is 0 Å². The molecule has 1 aliphatic rings. The van der Waals surface area contributed by atoms with Crippen LogP contribution in [0.5, 0.6) is 0 Å². The number of ether oxygens (including phenoxy) is 2. The van der Waals surface area contributed by atoms with Gasteiger partial charge in [0.1, 0.15) is 0 Å². The lowest BCUT2D eigenvalue weighted by Gasteiger charge is -2.12. The number of carbonyl (C=O) groups excluding carboxylic acids is 1. The molecule has 7 nitrogen and oxygen atoms in total. The van der Waals surface area contributed by atoms with Crippen LogP contribution in [0.1, 0.15) is 30.9 Å². The molecule has 7 heteroatoms. The van der Waals surface area contributed by atoms with Crippen molar-refractivity contribution in [2.75, 3.05) is 25.1 Å². The van der Waals surface area contributed by atoms with Crippen LogP contribution in [0.25, 0.3) is 11.6 Å². The normalized spacial score (nSPS) is 17.9. The number of aromatic nitrogens is 1. The van der Waals surface area contributed by atoms with E-state index in [9.17, 15) is 9.90 Å². The molecule has 1 aromatic carbocycles. The Morgan fingerprint density at radius 2 is 2.17 bits per heavy atom. The third-order valence-electron chi connectivity index (χ3n) is 5.35. The molecule has 0 radical (unpaired) electrons. The van der Waals surface area contributed by atoms with E-state index in [0.717, 1.165) is 36.1 Å². The molecule has 1 fully saturated rings. The Labute approximate surface area is 206 Å². The summed E-state index contributed by atoms with van der Waals surface area (Å²) < 4.78 is 11.0. The minimum absolute atomic E-state index is 0.0549. The molecule has 4 N–H and O–H groups in total. The van der Waals surface area contributed by atoms with Gasteiger partial charge in [0.2, 0.25) is 0 Å². The number of nitrogens with zero attached hydrogens (tertiary/aromatic N) is 1. The molecule has 0 saturated carbocycles. The summed E-state index contributed by atoms with van der Waals surface area (Å²) in [7, 11) is 0. The number of hydrogen-bond acceptors (Lipinski definition) is 6. The van der Waals surface area contributed by atoms with Crippen molar-refractivity contribution in [2.45, 2.75) is 32.2 Å². The number of allylic oxidation sites excluding steroid dienone is 3. The molecule has 1 aliphatic heterocycles. The summed E-state index contributed by atoms with van der Waals surface area (Å²) in [5.74, 6) is -0.236. The average molecular weight is 476 g/mol. The van der Waals surface area contributed by atoms with Gasteiger partial charge in [0.15, 0.2) is 6.29 Å². The van der Waals surface area contributed by atoms with Gasteiger partial charge in [-0.3, -0.25) is 9.78 Å². The maximum absolute atomic E-state index is 12.9. The summed E-state index contributed by atoms with van der Waals surface area (Å²) in [6.45, 7) is 3.30.